The van der Waals surface area contributed by atoms with Crippen LogP contribution in [0.25, 0.3) is 0 Å². The summed E-state index contributed by atoms with van der Waals surface area (Å²) in [6.45, 7) is 4.97. The van der Waals surface area contributed by atoms with Gasteiger partial charge in [0.1, 0.15) is 5.56 Å². The number of carbonyl (C=O) groups excluding carboxylic acids is 1. The molecule has 0 aromatic carbocycles. The van der Waals surface area contributed by atoms with Gasteiger partial charge in [0.2, 0.25) is 0 Å². The zero-order valence-electron chi connectivity index (χ0n) is 12.2. The summed E-state index contributed by atoms with van der Waals surface area (Å²) in [5.41, 5.74) is 0.886. The van der Waals surface area contributed by atoms with Crippen molar-refractivity contribution in [2.45, 2.75) is 20.4 Å². The van der Waals surface area contributed by atoms with Gasteiger partial charge in [0, 0.05) is 12.7 Å². The highest BCUT2D eigenvalue weighted by Gasteiger charge is 2.44. The van der Waals surface area contributed by atoms with Crippen molar-refractivity contribution in [3.05, 3.63) is 52.0 Å². The number of allylic oxidation sites excluding steroid dienone is 4. The number of carbonyl (C=O) groups is 1. The third-order valence-corrected chi connectivity index (χ3v) is 4.28. The van der Waals surface area contributed by atoms with Crippen LogP contribution >= 0.6 is 0 Å². The fourth-order valence-corrected chi connectivity index (χ4v) is 2.90. The maximum absolute atomic E-state index is 12.3. The number of nitrogens with zero attached hydrogens (tertiary/aromatic N) is 2. The standard InChI is InChI=1S/C16H19N3O2/c1-3-17-15(20)13-6-7-18-19(16(13)21)9-11-4-5-12-10(2)14(12)8-11/h4-8,10,12,14H,3,9H2,1-2H3,(H,17,20). The molecule has 3 rings (SSSR count). The van der Waals surface area contributed by atoms with E-state index in [-0.39, 0.29) is 17.0 Å². The summed E-state index contributed by atoms with van der Waals surface area (Å²) >= 11 is 0. The van der Waals surface area contributed by atoms with E-state index in [2.05, 4.69) is 35.6 Å². The van der Waals surface area contributed by atoms with Crippen LogP contribution in [0, 0.1) is 17.8 Å². The van der Waals surface area contributed by atoms with Crippen LogP contribution in [-0.2, 0) is 6.54 Å². The van der Waals surface area contributed by atoms with E-state index in [4.69, 9.17) is 0 Å². The Labute approximate surface area is 123 Å². The maximum Gasteiger partial charge on any atom is 0.279 e. The lowest BCUT2D eigenvalue weighted by molar-refractivity contribution is 0.0953. The molecule has 2 aliphatic carbocycles. The smallest absolute Gasteiger partial charge is 0.279 e. The van der Waals surface area contributed by atoms with E-state index in [1.54, 1.807) is 0 Å². The number of aromatic nitrogens is 2. The van der Waals surface area contributed by atoms with Crippen LogP contribution < -0.4 is 10.9 Å². The van der Waals surface area contributed by atoms with E-state index in [9.17, 15) is 9.59 Å². The van der Waals surface area contributed by atoms with Crippen molar-refractivity contribution in [3.8, 4) is 0 Å². The molecule has 2 aliphatic rings. The minimum Gasteiger partial charge on any atom is -0.352 e. The molecule has 1 amide bonds. The quantitative estimate of drug-likeness (QED) is 0.908. The maximum atomic E-state index is 12.3. The van der Waals surface area contributed by atoms with Crippen LogP contribution in [0.2, 0.25) is 0 Å². The van der Waals surface area contributed by atoms with Crippen LogP contribution in [0.1, 0.15) is 24.2 Å². The van der Waals surface area contributed by atoms with E-state index in [0.29, 0.717) is 30.8 Å². The van der Waals surface area contributed by atoms with Gasteiger partial charge in [0.15, 0.2) is 0 Å². The Kier molecular flexibility index (Phi) is 3.49. The molecule has 3 atom stereocenters. The molecule has 0 saturated heterocycles. The summed E-state index contributed by atoms with van der Waals surface area (Å²) in [7, 11) is 0. The highest BCUT2D eigenvalue weighted by molar-refractivity contribution is 5.93. The Morgan fingerprint density at radius 3 is 2.95 bits per heavy atom. The Bertz CT molecular complexity index is 687. The van der Waals surface area contributed by atoms with Gasteiger partial charge in [-0.2, -0.15) is 5.10 Å². The first-order chi connectivity index (χ1) is 10.1. The second-order valence-electron chi connectivity index (χ2n) is 5.68. The first-order valence-corrected chi connectivity index (χ1v) is 7.35. The summed E-state index contributed by atoms with van der Waals surface area (Å²) in [4.78, 5) is 24.1. The van der Waals surface area contributed by atoms with Crippen molar-refractivity contribution in [3.63, 3.8) is 0 Å². The van der Waals surface area contributed by atoms with Crippen LogP contribution in [0.4, 0.5) is 0 Å². The summed E-state index contributed by atoms with van der Waals surface area (Å²) < 4.78 is 1.36. The third kappa shape index (κ3) is 2.55. The van der Waals surface area contributed by atoms with E-state index in [0.717, 1.165) is 5.57 Å². The molecule has 5 heteroatoms. The number of hydrogen-bond acceptors (Lipinski definition) is 3. The Hall–Kier alpha value is -2.17. The molecule has 3 unspecified atom stereocenters. The van der Waals surface area contributed by atoms with Crippen molar-refractivity contribution in [1.82, 2.24) is 15.1 Å². The predicted octanol–water partition coefficient (Wildman–Crippen LogP) is 1.37. The molecule has 1 aromatic rings. The van der Waals surface area contributed by atoms with Crippen LogP contribution in [-0.4, -0.2) is 22.2 Å². The molecule has 5 nitrogen and oxygen atoms in total. The van der Waals surface area contributed by atoms with Crippen LogP contribution in [0.5, 0.6) is 0 Å². The van der Waals surface area contributed by atoms with E-state index in [1.165, 1.54) is 16.9 Å². The monoisotopic (exact) mass is 285 g/mol. The molecule has 110 valence electrons. The molecule has 0 aliphatic heterocycles. The zero-order chi connectivity index (χ0) is 15.0. The largest absolute Gasteiger partial charge is 0.352 e. The number of amides is 1. The zero-order valence-corrected chi connectivity index (χ0v) is 12.2. The molecule has 0 spiro atoms. The Morgan fingerprint density at radius 1 is 1.43 bits per heavy atom. The molecule has 0 radical (unpaired) electrons. The molecule has 1 heterocycles. The highest BCUT2D eigenvalue weighted by Crippen LogP contribution is 2.50. The third-order valence-electron chi connectivity index (χ3n) is 4.28. The molecular weight excluding hydrogens is 266 g/mol. The topological polar surface area (TPSA) is 64.0 Å². The van der Waals surface area contributed by atoms with Gasteiger partial charge >= 0.3 is 0 Å². The second kappa shape index (κ2) is 5.31. The lowest BCUT2D eigenvalue weighted by Crippen LogP contribution is -2.34. The molecule has 1 fully saturated rings. The van der Waals surface area contributed by atoms with Crippen LogP contribution in [0.15, 0.2) is 40.9 Å². The normalized spacial score (nSPS) is 26.0. The molecule has 1 saturated carbocycles. The SMILES string of the molecule is CCNC(=O)c1ccnn(CC2=CC3C(C)C3C=C2)c1=O. The summed E-state index contributed by atoms with van der Waals surface area (Å²) in [6, 6.07) is 1.47. The van der Waals surface area contributed by atoms with Crippen molar-refractivity contribution in [2.75, 3.05) is 6.54 Å². The van der Waals surface area contributed by atoms with Crippen molar-refractivity contribution >= 4 is 5.91 Å². The van der Waals surface area contributed by atoms with E-state index >= 15 is 0 Å². The number of fused-ring (bicyclic) bond motifs is 1. The van der Waals surface area contributed by atoms with Crippen molar-refractivity contribution in [1.29, 1.82) is 0 Å². The molecule has 1 aromatic heterocycles. The van der Waals surface area contributed by atoms with Crippen LogP contribution in [0.3, 0.4) is 0 Å². The van der Waals surface area contributed by atoms with Crippen molar-refractivity contribution < 1.29 is 4.79 Å². The summed E-state index contributed by atoms with van der Waals surface area (Å²) in [5, 5.41) is 6.73. The second-order valence-corrected chi connectivity index (χ2v) is 5.68. The molecular formula is C16H19N3O2. The van der Waals surface area contributed by atoms with E-state index in [1.807, 2.05) is 6.92 Å². The average molecular weight is 285 g/mol. The fourth-order valence-electron chi connectivity index (χ4n) is 2.90. The predicted molar refractivity (Wildman–Crippen MR) is 79.9 cm³/mol. The average Bonchev–Trinajstić information content (AvgIpc) is 3.11. The first-order valence-electron chi connectivity index (χ1n) is 7.35. The van der Waals surface area contributed by atoms with E-state index < -0.39 is 0 Å². The van der Waals surface area contributed by atoms with Crippen molar-refractivity contribution in [2.24, 2.45) is 17.8 Å². The van der Waals surface area contributed by atoms with Gasteiger partial charge in [0.05, 0.1) is 6.54 Å². The minimum absolute atomic E-state index is 0.143. The molecule has 21 heavy (non-hydrogen) atoms. The van der Waals surface area contributed by atoms with Gasteiger partial charge < -0.3 is 5.32 Å². The Morgan fingerprint density at radius 2 is 2.24 bits per heavy atom. The lowest BCUT2D eigenvalue weighted by Gasteiger charge is -2.09. The van der Waals surface area contributed by atoms with Gasteiger partial charge in [-0.1, -0.05) is 25.2 Å². The number of hydrogen-bond donors (Lipinski definition) is 1. The molecule has 1 N–H and O–H groups in total. The Balaban J connectivity index is 1.82. The van der Waals surface area contributed by atoms with Gasteiger partial charge in [-0.05, 0) is 36.3 Å². The number of nitrogens with one attached hydrogen (secondary N) is 1. The molecule has 0 bridgehead atoms. The van der Waals surface area contributed by atoms with Gasteiger partial charge in [-0.25, -0.2) is 4.68 Å². The highest BCUT2D eigenvalue weighted by atomic mass is 16.2. The van der Waals surface area contributed by atoms with Gasteiger partial charge in [-0.15, -0.1) is 0 Å². The van der Waals surface area contributed by atoms with Gasteiger partial charge in [-0.3, -0.25) is 9.59 Å². The summed E-state index contributed by atoms with van der Waals surface area (Å²) in [6.07, 6.45) is 8.00. The fraction of sp³-hybridized carbons (Fsp3) is 0.438. The first kappa shape index (κ1) is 13.8. The number of rotatable bonds is 4. The minimum atomic E-state index is -0.345. The lowest BCUT2D eigenvalue weighted by atomic mass is 10.1. The van der Waals surface area contributed by atoms with Gasteiger partial charge in [0.25, 0.3) is 11.5 Å². The summed E-state index contributed by atoms with van der Waals surface area (Å²) in [5.74, 6) is 1.63.